The van der Waals surface area contributed by atoms with E-state index in [9.17, 15) is 18.0 Å². The molecule has 0 saturated heterocycles. The van der Waals surface area contributed by atoms with Crippen molar-refractivity contribution >= 4 is 5.78 Å². The summed E-state index contributed by atoms with van der Waals surface area (Å²) in [6, 6.07) is 3.71. The molecule has 0 radical (unpaired) electrons. The minimum atomic E-state index is -4.84. The Balaban J connectivity index is 3.11. The Hall–Kier alpha value is -1.72. The molecule has 1 aromatic carbocycles. The Labute approximate surface area is 96.1 Å². The lowest BCUT2D eigenvalue weighted by Crippen LogP contribution is -2.18. The molecule has 3 nitrogen and oxygen atoms in total. The Morgan fingerprint density at radius 2 is 2.00 bits per heavy atom. The van der Waals surface area contributed by atoms with E-state index in [2.05, 4.69) is 4.74 Å². The Morgan fingerprint density at radius 1 is 1.35 bits per heavy atom. The molecule has 0 bridgehead atoms. The van der Waals surface area contributed by atoms with Gasteiger partial charge in [0.1, 0.15) is 11.5 Å². The molecule has 0 N–H and O–H groups in total. The van der Waals surface area contributed by atoms with E-state index in [-0.39, 0.29) is 11.3 Å². The van der Waals surface area contributed by atoms with Crippen molar-refractivity contribution in [1.29, 1.82) is 0 Å². The monoisotopic (exact) mass is 248 g/mol. The summed E-state index contributed by atoms with van der Waals surface area (Å²) in [6.07, 6.45) is -4.84. The predicted octanol–water partition coefficient (Wildman–Crippen LogP) is 3.19. The highest BCUT2D eigenvalue weighted by molar-refractivity contribution is 5.97. The summed E-state index contributed by atoms with van der Waals surface area (Å²) < 4.78 is 45.2. The largest absolute Gasteiger partial charge is 0.573 e. The van der Waals surface area contributed by atoms with Gasteiger partial charge in [0.2, 0.25) is 0 Å². The molecule has 0 spiro atoms. The Kier molecular flexibility index (Phi) is 3.98. The van der Waals surface area contributed by atoms with Crippen LogP contribution in [0.3, 0.4) is 0 Å². The third kappa shape index (κ3) is 3.97. The van der Waals surface area contributed by atoms with Crippen LogP contribution in [0.1, 0.15) is 24.2 Å². The molecule has 6 heteroatoms. The second kappa shape index (κ2) is 5.07. The van der Waals surface area contributed by atoms with Gasteiger partial charge in [-0.3, -0.25) is 4.79 Å². The van der Waals surface area contributed by atoms with Crippen molar-refractivity contribution in [3.05, 3.63) is 23.8 Å². The topological polar surface area (TPSA) is 35.5 Å². The first-order chi connectivity index (χ1) is 7.83. The van der Waals surface area contributed by atoms with Gasteiger partial charge >= 0.3 is 6.36 Å². The summed E-state index contributed by atoms with van der Waals surface area (Å²) in [5.74, 6) is -0.833. The summed E-state index contributed by atoms with van der Waals surface area (Å²) in [5.41, 5.74) is -0.134. The van der Waals surface area contributed by atoms with Crippen LogP contribution in [0.5, 0.6) is 11.5 Å². The maximum atomic E-state index is 12.1. The molecule has 0 fully saturated rings. The highest BCUT2D eigenvalue weighted by atomic mass is 19.4. The van der Waals surface area contributed by atoms with Crippen LogP contribution in [0.25, 0.3) is 0 Å². The fourth-order valence-corrected chi connectivity index (χ4v) is 1.26. The van der Waals surface area contributed by atoms with Crippen LogP contribution in [-0.4, -0.2) is 18.8 Å². The van der Waals surface area contributed by atoms with Crippen LogP contribution in [0.15, 0.2) is 18.2 Å². The number of halogens is 3. The van der Waals surface area contributed by atoms with E-state index in [1.807, 2.05) is 0 Å². The quantitative estimate of drug-likeness (QED) is 0.767. The first kappa shape index (κ1) is 13.3. The number of Topliss-reactive ketones (excluding diaryl/α,β-unsaturated/α-hetero) is 1. The zero-order chi connectivity index (χ0) is 13.1. The summed E-state index contributed by atoms with van der Waals surface area (Å²) in [4.78, 5) is 11.1. The number of alkyl halides is 3. The van der Waals surface area contributed by atoms with Gasteiger partial charge in [0, 0.05) is 6.07 Å². The third-order valence-electron chi connectivity index (χ3n) is 1.87. The van der Waals surface area contributed by atoms with Crippen LogP contribution in [0.2, 0.25) is 0 Å². The summed E-state index contributed by atoms with van der Waals surface area (Å²) >= 11 is 0. The molecule has 0 unspecified atom stereocenters. The van der Waals surface area contributed by atoms with E-state index in [1.54, 1.807) is 6.92 Å². The number of ketones is 1. The van der Waals surface area contributed by atoms with Crippen LogP contribution >= 0.6 is 0 Å². The number of rotatable bonds is 4. The lowest BCUT2D eigenvalue weighted by Gasteiger charge is -2.13. The molecular weight excluding hydrogens is 237 g/mol. The summed E-state index contributed by atoms with van der Waals surface area (Å²) in [5, 5.41) is 0. The molecule has 0 atom stereocenters. The lowest BCUT2D eigenvalue weighted by molar-refractivity contribution is -0.274. The molecule has 94 valence electrons. The van der Waals surface area contributed by atoms with Gasteiger partial charge in [-0.1, -0.05) is 0 Å². The van der Waals surface area contributed by atoms with Gasteiger partial charge in [0.05, 0.1) is 12.2 Å². The first-order valence-corrected chi connectivity index (χ1v) is 4.87. The van der Waals surface area contributed by atoms with Crippen molar-refractivity contribution in [2.75, 3.05) is 6.61 Å². The smallest absolute Gasteiger partial charge is 0.494 e. The van der Waals surface area contributed by atoms with Crippen molar-refractivity contribution in [2.45, 2.75) is 20.2 Å². The number of carbonyl (C=O) groups is 1. The number of hydrogen-bond donors (Lipinski definition) is 0. The standard InChI is InChI=1S/C11H11F3O3/c1-3-16-8-4-5-9(7(2)15)10(6-8)17-11(12,13)14/h4-6H,3H2,1-2H3. The van der Waals surface area contributed by atoms with Crippen molar-refractivity contribution in [1.82, 2.24) is 0 Å². The molecule has 0 aliphatic heterocycles. The van der Waals surface area contributed by atoms with Crippen LogP contribution in [0.4, 0.5) is 13.2 Å². The van der Waals surface area contributed by atoms with Crippen LogP contribution in [-0.2, 0) is 0 Å². The molecule has 0 heterocycles. The van der Waals surface area contributed by atoms with Gasteiger partial charge < -0.3 is 9.47 Å². The Morgan fingerprint density at radius 3 is 2.47 bits per heavy atom. The van der Waals surface area contributed by atoms with E-state index in [0.717, 1.165) is 6.07 Å². The molecule has 0 saturated carbocycles. The van der Waals surface area contributed by atoms with E-state index in [0.29, 0.717) is 6.61 Å². The highest BCUT2D eigenvalue weighted by Crippen LogP contribution is 2.30. The van der Waals surface area contributed by atoms with Crippen molar-refractivity contribution in [3.63, 3.8) is 0 Å². The maximum Gasteiger partial charge on any atom is 0.573 e. The zero-order valence-electron chi connectivity index (χ0n) is 9.30. The fourth-order valence-electron chi connectivity index (χ4n) is 1.26. The third-order valence-corrected chi connectivity index (χ3v) is 1.87. The number of hydrogen-bond acceptors (Lipinski definition) is 3. The minimum Gasteiger partial charge on any atom is -0.494 e. The summed E-state index contributed by atoms with van der Waals surface area (Å²) in [7, 11) is 0. The van der Waals surface area contributed by atoms with E-state index in [1.165, 1.54) is 19.1 Å². The van der Waals surface area contributed by atoms with Gasteiger partial charge in [-0.25, -0.2) is 0 Å². The predicted molar refractivity (Wildman–Crippen MR) is 54.3 cm³/mol. The SMILES string of the molecule is CCOc1ccc(C(C)=O)c(OC(F)(F)F)c1. The van der Waals surface area contributed by atoms with Gasteiger partial charge in [-0.15, -0.1) is 13.2 Å². The van der Waals surface area contributed by atoms with Gasteiger partial charge in [-0.2, -0.15) is 0 Å². The molecule has 1 rings (SSSR count). The highest BCUT2D eigenvalue weighted by Gasteiger charge is 2.32. The van der Waals surface area contributed by atoms with E-state index in [4.69, 9.17) is 4.74 Å². The molecule has 0 aliphatic rings. The average molecular weight is 248 g/mol. The number of benzene rings is 1. The second-order valence-electron chi connectivity index (χ2n) is 3.19. The second-order valence-corrected chi connectivity index (χ2v) is 3.19. The van der Waals surface area contributed by atoms with E-state index >= 15 is 0 Å². The van der Waals surface area contributed by atoms with Gasteiger partial charge in [-0.05, 0) is 26.0 Å². The van der Waals surface area contributed by atoms with Crippen molar-refractivity contribution < 1.29 is 27.4 Å². The molecular formula is C11H11F3O3. The number of ether oxygens (including phenoxy) is 2. The zero-order valence-corrected chi connectivity index (χ0v) is 9.30. The van der Waals surface area contributed by atoms with Crippen molar-refractivity contribution in [3.8, 4) is 11.5 Å². The maximum absolute atomic E-state index is 12.1. The van der Waals surface area contributed by atoms with Crippen molar-refractivity contribution in [2.24, 2.45) is 0 Å². The van der Waals surface area contributed by atoms with Crippen LogP contribution in [0, 0.1) is 0 Å². The lowest BCUT2D eigenvalue weighted by atomic mass is 10.1. The Bertz CT molecular complexity index is 413. The average Bonchev–Trinajstić information content (AvgIpc) is 2.15. The fraction of sp³-hybridized carbons (Fsp3) is 0.364. The molecule has 0 aromatic heterocycles. The van der Waals surface area contributed by atoms with E-state index < -0.39 is 17.9 Å². The number of carbonyl (C=O) groups excluding carboxylic acids is 1. The molecule has 0 amide bonds. The van der Waals surface area contributed by atoms with Gasteiger partial charge in [0.15, 0.2) is 5.78 Å². The minimum absolute atomic E-state index is 0.134. The van der Waals surface area contributed by atoms with Crippen LogP contribution < -0.4 is 9.47 Å². The summed E-state index contributed by atoms with van der Waals surface area (Å²) in [6.45, 7) is 3.17. The van der Waals surface area contributed by atoms with Gasteiger partial charge in [0.25, 0.3) is 0 Å². The first-order valence-electron chi connectivity index (χ1n) is 4.87. The molecule has 1 aromatic rings. The molecule has 0 aliphatic carbocycles. The molecule has 17 heavy (non-hydrogen) atoms. The normalized spacial score (nSPS) is 11.1.